The van der Waals surface area contributed by atoms with Crippen LogP contribution in [0, 0.1) is 0 Å². The van der Waals surface area contributed by atoms with Gasteiger partial charge in [-0.15, -0.1) is 0 Å². The molecule has 0 aliphatic carbocycles. The zero-order chi connectivity index (χ0) is 35.6. The van der Waals surface area contributed by atoms with Crippen molar-refractivity contribution >= 4 is 23.9 Å². The van der Waals surface area contributed by atoms with Crippen LogP contribution in [0.4, 0.5) is 0 Å². The number of hydrogen-bond donors (Lipinski definition) is 10. The highest BCUT2D eigenvalue weighted by Gasteiger charge is 2.47. The highest BCUT2D eigenvalue weighted by Crippen LogP contribution is 2.31. The van der Waals surface area contributed by atoms with Gasteiger partial charge >= 0.3 is 23.9 Å². The minimum atomic E-state index is -2.01. The first-order valence-corrected chi connectivity index (χ1v) is 13.8. The Hall–Kier alpha value is -6.40. The standard InChI is InChI=1S/C30H28N6O12/c31-29(9-13-1-17(37)5-21(33-13)25(41)42,10-14-2-18(38)6-22(34-14)26(43)44)30(32,11-15-3-19(39)7-23(35-15)27(45)46)12-16-4-20(40)8-24(36-16)28(47)48/h1-8H,9-12,31-32H2,(H,33,37)(H,34,38)(H,35,39)(H,36,40)(H,41,42)(H,43,44)(H,45,46)(H,47,48). The van der Waals surface area contributed by atoms with E-state index in [1.165, 1.54) is 0 Å². The summed E-state index contributed by atoms with van der Waals surface area (Å²) in [5, 5.41) is 38.2. The number of carboxylic acid groups (broad SMARTS) is 4. The molecule has 18 nitrogen and oxygen atoms in total. The van der Waals surface area contributed by atoms with Crippen molar-refractivity contribution in [3.63, 3.8) is 0 Å². The van der Waals surface area contributed by atoms with Crippen LogP contribution in [0.1, 0.15) is 64.7 Å². The lowest BCUT2D eigenvalue weighted by Crippen LogP contribution is -2.70. The summed E-state index contributed by atoms with van der Waals surface area (Å²) in [6.45, 7) is 0. The Balaban J connectivity index is 2.02. The van der Waals surface area contributed by atoms with E-state index in [1.807, 2.05) is 0 Å². The maximum atomic E-state index is 12.5. The second-order valence-electron chi connectivity index (χ2n) is 11.3. The maximum absolute atomic E-state index is 12.5. The van der Waals surface area contributed by atoms with Crippen LogP contribution in [-0.4, -0.2) is 75.3 Å². The minimum Gasteiger partial charge on any atom is -0.477 e. The van der Waals surface area contributed by atoms with E-state index in [1.54, 1.807) is 0 Å². The molecule has 0 radical (unpaired) electrons. The van der Waals surface area contributed by atoms with Crippen LogP contribution in [0.3, 0.4) is 0 Å². The molecule has 0 aliphatic rings. The first kappa shape index (κ1) is 34.5. The average Bonchev–Trinajstić information content (AvgIpc) is 2.95. The smallest absolute Gasteiger partial charge is 0.352 e. The van der Waals surface area contributed by atoms with E-state index in [-0.39, 0.29) is 22.8 Å². The van der Waals surface area contributed by atoms with Crippen molar-refractivity contribution in [1.29, 1.82) is 0 Å². The summed E-state index contributed by atoms with van der Waals surface area (Å²) in [6, 6.07) is 7.29. The van der Waals surface area contributed by atoms with Gasteiger partial charge in [0.25, 0.3) is 0 Å². The number of rotatable bonds is 13. The highest BCUT2D eigenvalue weighted by molar-refractivity contribution is 5.86. The molecule has 0 atom stereocenters. The molecule has 4 heterocycles. The number of carbonyl (C=O) groups is 4. The van der Waals surface area contributed by atoms with Gasteiger partial charge in [0.05, 0.1) is 0 Å². The van der Waals surface area contributed by atoms with E-state index in [9.17, 15) is 58.8 Å². The third kappa shape index (κ3) is 7.87. The molecule has 48 heavy (non-hydrogen) atoms. The lowest BCUT2D eigenvalue weighted by Gasteiger charge is -2.47. The normalized spacial score (nSPS) is 11.6. The lowest BCUT2D eigenvalue weighted by atomic mass is 9.67. The summed E-state index contributed by atoms with van der Waals surface area (Å²) < 4.78 is 0. The van der Waals surface area contributed by atoms with E-state index in [0.29, 0.717) is 0 Å². The molecule has 0 aliphatic heterocycles. The molecule has 12 N–H and O–H groups in total. The molecular formula is C30H28N6O12. The van der Waals surface area contributed by atoms with Gasteiger partial charge in [-0.2, -0.15) is 0 Å². The summed E-state index contributed by atoms with van der Waals surface area (Å²) in [6.07, 6.45) is -2.04. The van der Waals surface area contributed by atoms with Gasteiger partial charge in [-0.3, -0.25) is 19.2 Å². The summed E-state index contributed by atoms with van der Waals surface area (Å²) in [5.41, 5.74) is 4.69. The van der Waals surface area contributed by atoms with Crippen molar-refractivity contribution in [3.8, 4) is 0 Å². The molecule has 18 heteroatoms. The van der Waals surface area contributed by atoms with Gasteiger partial charge in [-0.25, -0.2) is 19.2 Å². The molecule has 250 valence electrons. The second-order valence-corrected chi connectivity index (χ2v) is 11.3. The van der Waals surface area contributed by atoms with Gasteiger partial charge in [0.15, 0.2) is 21.7 Å². The van der Waals surface area contributed by atoms with Crippen molar-refractivity contribution in [2.75, 3.05) is 0 Å². The molecule has 0 saturated heterocycles. The topological polar surface area (TPSA) is 333 Å². The molecule has 4 aromatic rings. The summed E-state index contributed by atoms with van der Waals surface area (Å²) in [4.78, 5) is 107. The van der Waals surface area contributed by atoms with Crippen LogP contribution in [0.15, 0.2) is 67.7 Å². The number of nitrogens with one attached hydrogen (secondary N) is 4. The summed E-state index contributed by atoms with van der Waals surface area (Å²) >= 11 is 0. The van der Waals surface area contributed by atoms with Gasteiger partial charge < -0.3 is 51.8 Å². The molecule has 0 spiro atoms. The van der Waals surface area contributed by atoms with Gasteiger partial charge in [0, 0.05) is 108 Å². The van der Waals surface area contributed by atoms with E-state index in [2.05, 4.69) is 19.9 Å². The Bertz CT molecular complexity index is 1890. The number of aromatic amines is 4. The van der Waals surface area contributed by atoms with Gasteiger partial charge in [-0.05, 0) is 0 Å². The lowest BCUT2D eigenvalue weighted by molar-refractivity contribution is 0.0678. The van der Waals surface area contributed by atoms with Crippen molar-refractivity contribution < 1.29 is 39.6 Å². The Labute approximate surface area is 266 Å². The van der Waals surface area contributed by atoms with Crippen LogP contribution >= 0.6 is 0 Å². The fourth-order valence-corrected chi connectivity index (χ4v) is 5.43. The quantitative estimate of drug-likeness (QED) is 0.0811. The minimum absolute atomic E-state index is 0.0884. The third-order valence-corrected chi connectivity index (χ3v) is 7.53. The average molecular weight is 665 g/mol. The van der Waals surface area contributed by atoms with Gasteiger partial charge in [0.2, 0.25) is 0 Å². The fourth-order valence-electron chi connectivity index (χ4n) is 5.43. The fraction of sp³-hybridized carbons (Fsp3) is 0.200. The predicted molar refractivity (Wildman–Crippen MR) is 165 cm³/mol. The SMILES string of the molecule is NC(Cc1cc(=O)cc(C(=O)O)[nH]1)(Cc1cc(=O)cc(C(=O)O)[nH]1)C(N)(Cc1cc(=O)cc(C(=O)O)[nH]1)Cc1cc(=O)cc(C(=O)O)[nH]1. The third-order valence-electron chi connectivity index (χ3n) is 7.53. The number of nitrogens with two attached hydrogens (primary N) is 2. The molecular weight excluding hydrogens is 636 g/mol. The van der Waals surface area contributed by atoms with E-state index >= 15 is 0 Å². The number of hydrogen-bond acceptors (Lipinski definition) is 10. The van der Waals surface area contributed by atoms with E-state index in [4.69, 9.17) is 11.5 Å². The number of carboxylic acids is 4. The van der Waals surface area contributed by atoms with Crippen LogP contribution in [0.5, 0.6) is 0 Å². The van der Waals surface area contributed by atoms with Crippen LogP contribution in [-0.2, 0) is 25.7 Å². The molecule has 0 unspecified atom stereocenters. The van der Waals surface area contributed by atoms with Gasteiger partial charge in [0.1, 0.15) is 22.8 Å². The summed E-state index contributed by atoms with van der Waals surface area (Å²) in [5.74, 6) is -6.00. The van der Waals surface area contributed by atoms with Crippen molar-refractivity contribution in [2.45, 2.75) is 36.8 Å². The van der Waals surface area contributed by atoms with Crippen molar-refractivity contribution in [2.24, 2.45) is 11.5 Å². The van der Waals surface area contributed by atoms with Crippen LogP contribution in [0.25, 0.3) is 0 Å². The molecule has 0 amide bonds. The Morgan fingerprint density at radius 3 is 0.792 bits per heavy atom. The second kappa shape index (κ2) is 13.1. The Morgan fingerprint density at radius 1 is 0.438 bits per heavy atom. The first-order valence-electron chi connectivity index (χ1n) is 13.8. The number of aromatic carboxylic acids is 4. The zero-order valence-corrected chi connectivity index (χ0v) is 24.7. The van der Waals surface area contributed by atoms with Crippen LogP contribution < -0.4 is 33.2 Å². The molecule has 4 rings (SSSR count). The predicted octanol–water partition coefficient (Wildman–Crippen LogP) is -1.10. The molecule has 4 aromatic heterocycles. The van der Waals surface area contributed by atoms with Crippen molar-refractivity contribution in [1.82, 2.24) is 19.9 Å². The maximum Gasteiger partial charge on any atom is 0.352 e. The zero-order valence-electron chi connectivity index (χ0n) is 24.7. The Kier molecular flexibility index (Phi) is 9.44. The van der Waals surface area contributed by atoms with E-state index in [0.717, 1.165) is 48.5 Å². The van der Waals surface area contributed by atoms with Crippen molar-refractivity contribution in [3.05, 3.63) is 135 Å². The monoisotopic (exact) mass is 664 g/mol. The molecule has 0 fully saturated rings. The molecule has 0 bridgehead atoms. The van der Waals surface area contributed by atoms with Gasteiger partial charge in [-0.1, -0.05) is 0 Å². The number of aromatic nitrogens is 4. The number of pyridine rings is 4. The molecule has 0 aromatic carbocycles. The highest BCUT2D eigenvalue weighted by atomic mass is 16.4. The molecule has 0 saturated carbocycles. The largest absolute Gasteiger partial charge is 0.477 e. The van der Waals surface area contributed by atoms with Crippen LogP contribution in [0.2, 0.25) is 0 Å². The Morgan fingerprint density at radius 2 is 0.625 bits per heavy atom. The summed E-state index contributed by atoms with van der Waals surface area (Å²) in [7, 11) is 0. The van der Waals surface area contributed by atoms with E-state index < -0.39 is 105 Å². The number of H-pyrrole nitrogens is 4. The first-order chi connectivity index (χ1) is 22.4.